The summed E-state index contributed by atoms with van der Waals surface area (Å²) in [4.78, 5) is 24.3. The number of anilines is 1. The number of hydrogen-bond donors (Lipinski definition) is 0. The van der Waals surface area contributed by atoms with Crippen LogP contribution in [0.5, 0.6) is 0 Å². The summed E-state index contributed by atoms with van der Waals surface area (Å²) in [6.45, 7) is 4.29. The maximum absolute atomic E-state index is 11.8. The molecular weight excluding hydrogens is 312 g/mol. The van der Waals surface area contributed by atoms with Crippen molar-refractivity contribution >= 4 is 16.5 Å². The largest absolute Gasteiger partial charge is 0.375 e. The second-order valence-corrected chi connectivity index (χ2v) is 7.23. The van der Waals surface area contributed by atoms with Crippen LogP contribution in [0.4, 0.5) is 5.13 Å². The highest BCUT2D eigenvalue weighted by atomic mass is 32.1. The van der Waals surface area contributed by atoms with Crippen LogP contribution in [-0.2, 0) is 24.3 Å². The van der Waals surface area contributed by atoms with Crippen LogP contribution >= 0.6 is 11.3 Å². The molecule has 2 aromatic rings. The fraction of sp³-hybridized carbons (Fsp3) is 0.562. The Morgan fingerprint density at radius 1 is 1.35 bits per heavy atom. The molecule has 0 bridgehead atoms. The van der Waals surface area contributed by atoms with Crippen LogP contribution in [0.15, 0.2) is 23.4 Å². The molecule has 23 heavy (non-hydrogen) atoms. The van der Waals surface area contributed by atoms with Gasteiger partial charge in [-0.05, 0) is 18.8 Å². The molecule has 2 aliphatic heterocycles. The van der Waals surface area contributed by atoms with Gasteiger partial charge in [0, 0.05) is 38.3 Å². The molecule has 0 aromatic carbocycles. The number of piperidine rings is 1. The van der Waals surface area contributed by atoms with Gasteiger partial charge in [-0.3, -0.25) is 9.36 Å². The molecule has 0 unspecified atom stereocenters. The number of hydrogen-bond acceptors (Lipinski definition) is 6. The molecule has 7 heteroatoms. The van der Waals surface area contributed by atoms with E-state index in [1.54, 1.807) is 28.4 Å². The van der Waals surface area contributed by atoms with Gasteiger partial charge in [-0.15, -0.1) is 0 Å². The zero-order valence-corrected chi connectivity index (χ0v) is 13.8. The van der Waals surface area contributed by atoms with Gasteiger partial charge in [0.05, 0.1) is 30.1 Å². The first-order valence-electron chi connectivity index (χ1n) is 8.11. The first kappa shape index (κ1) is 14.8. The van der Waals surface area contributed by atoms with Gasteiger partial charge in [0.1, 0.15) is 0 Å². The summed E-state index contributed by atoms with van der Waals surface area (Å²) >= 11 is 1.77. The Hall–Kier alpha value is -1.73. The van der Waals surface area contributed by atoms with Crippen LogP contribution in [-0.4, -0.2) is 34.2 Å². The van der Waals surface area contributed by atoms with Crippen LogP contribution in [0, 0.1) is 5.92 Å². The third-order valence-corrected chi connectivity index (χ3v) is 5.75. The molecule has 0 N–H and O–H groups in total. The van der Waals surface area contributed by atoms with Crippen LogP contribution in [0.2, 0.25) is 0 Å². The fourth-order valence-corrected chi connectivity index (χ4v) is 4.34. The predicted octanol–water partition coefficient (Wildman–Crippen LogP) is 1.69. The van der Waals surface area contributed by atoms with Crippen LogP contribution < -0.4 is 10.5 Å². The molecule has 6 nitrogen and oxygen atoms in total. The maximum atomic E-state index is 11.8. The summed E-state index contributed by atoms with van der Waals surface area (Å²) in [7, 11) is 0. The smallest absolute Gasteiger partial charge is 0.253 e. The molecule has 0 saturated carbocycles. The van der Waals surface area contributed by atoms with Gasteiger partial charge in [0.15, 0.2) is 5.13 Å². The molecule has 4 rings (SSSR count). The molecule has 4 heterocycles. The zero-order valence-electron chi connectivity index (χ0n) is 13.0. The number of rotatable bonds is 3. The summed E-state index contributed by atoms with van der Waals surface area (Å²) in [5, 5.41) is 1.14. The van der Waals surface area contributed by atoms with Crippen LogP contribution in [0.1, 0.15) is 23.4 Å². The van der Waals surface area contributed by atoms with Crippen molar-refractivity contribution in [1.82, 2.24) is 14.5 Å². The minimum Gasteiger partial charge on any atom is -0.375 e. The van der Waals surface area contributed by atoms with Gasteiger partial charge in [-0.25, -0.2) is 9.97 Å². The highest BCUT2D eigenvalue weighted by molar-refractivity contribution is 7.15. The molecule has 0 spiro atoms. The Labute approximate surface area is 138 Å². The number of fused-ring (bicyclic) bond motifs is 1. The van der Waals surface area contributed by atoms with Gasteiger partial charge in [-0.1, -0.05) is 11.3 Å². The molecule has 1 fully saturated rings. The zero-order chi connectivity index (χ0) is 15.6. The van der Waals surface area contributed by atoms with Crippen molar-refractivity contribution < 1.29 is 4.74 Å². The Kier molecular flexibility index (Phi) is 4.13. The summed E-state index contributed by atoms with van der Waals surface area (Å²) in [5.74, 6) is 0.533. The maximum Gasteiger partial charge on any atom is 0.253 e. The SMILES string of the molecule is O=c1ccncn1CC1CCN(c2nc3c(s2)COCC3)CC1. The number of aromatic nitrogens is 3. The molecule has 0 amide bonds. The summed E-state index contributed by atoms with van der Waals surface area (Å²) in [6, 6.07) is 1.53. The van der Waals surface area contributed by atoms with Gasteiger partial charge < -0.3 is 9.64 Å². The minimum atomic E-state index is 0.0371. The Morgan fingerprint density at radius 3 is 3.00 bits per heavy atom. The average Bonchev–Trinajstić information content (AvgIpc) is 3.02. The van der Waals surface area contributed by atoms with E-state index in [9.17, 15) is 4.79 Å². The monoisotopic (exact) mass is 332 g/mol. The highest BCUT2D eigenvalue weighted by Crippen LogP contribution is 2.32. The van der Waals surface area contributed by atoms with Crippen molar-refractivity contribution in [3.63, 3.8) is 0 Å². The molecule has 2 aromatic heterocycles. The van der Waals surface area contributed by atoms with Gasteiger partial charge in [0.2, 0.25) is 0 Å². The molecule has 0 radical (unpaired) electrons. The van der Waals surface area contributed by atoms with E-state index in [1.165, 1.54) is 16.6 Å². The summed E-state index contributed by atoms with van der Waals surface area (Å²) in [5.41, 5.74) is 1.26. The van der Waals surface area contributed by atoms with Crippen molar-refractivity contribution in [1.29, 1.82) is 0 Å². The lowest BCUT2D eigenvalue weighted by molar-refractivity contribution is 0.112. The summed E-state index contributed by atoms with van der Waals surface area (Å²) < 4.78 is 7.23. The lowest BCUT2D eigenvalue weighted by Gasteiger charge is -2.31. The highest BCUT2D eigenvalue weighted by Gasteiger charge is 2.24. The predicted molar refractivity (Wildman–Crippen MR) is 88.9 cm³/mol. The lowest BCUT2D eigenvalue weighted by Crippen LogP contribution is -2.36. The quantitative estimate of drug-likeness (QED) is 0.856. The Morgan fingerprint density at radius 2 is 2.22 bits per heavy atom. The van der Waals surface area contributed by atoms with Gasteiger partial charge in [-0.2, -0.15) is 0 Å². The Bertz CT molecular complexity index is 710. The lowest BCUT2D eigenvalue weighted by atomic mass is 9.97. The van der Waals surface area contributed by atoms with Crippen molar-refractivity contribution in [3.8, 4) is 0 Å². The summed E-state index contributed by atoms with van der Waals surface area (Å²) in [6.07, 6.45) is 6.30. The van der Waals surface area contributed by atoms with Crippen LogP contribution in [0.3, 0.4) is 0 Å². The van der Waals surface area contributed by atoms with E-state index >= 15 is 0 Å². The molecule has 1 saturated heterocycles. The van der Waals surface area contributed by atoms with Gasteiger partial charge in [0.25, 0.3) is 5.56 Å². The third kappa shape index (κ3) is 3.16. The van der Waals surface area contributed by atoms with Crippen LogP contribution in [0.25, 0.3) is 0 Å². The molecule has 0 aliphatic carbocycles. The second kappa shape index (κ2) is 6.41. The van der Waals surface area contributed by atoms with Crippen molar-refractivity contribution in [2.45, 2.75) is 32.4 Å². The molecule has 2 aliphatic rings. The van der Waals surface area contributed by atoms with Gasteiger partial charge >= 0.3 is 0 Å². The van der Waals surface area contributed by atoms with E-state index in [0.29, 0.717) is 12.5 Å². The molecule has 122 valence electrons. The van der Waals surface area contributed by atoms with E-state index in [1.807, 2.05) is 0 Å². The third-order valence-electron chi connectivity index (χ3n) is 4.62. The normalized spacial score (nSPS) is 18.9. The average molecular weight is 332 g/mol. The number of thiazole rings is 1. The number of nitrogens with zero attached hydrogens (tertiary/aromatic N) is 4. The van der Waals surface area contributed by atoms with Crippen molar-refractivity contribution in [2.24, 2.45) is 5.92 Å². The van der Waals surface area contributed by atoms with E-state index in [0.717, 1.165) is 50.6 Å². The molecule has 0 atom stereocenters. The standard InChI is InChI=1S/C16H20N4O2S/c21-15-1-5-17-11-20(15)9-12-2-6-19(7-3-12)16-18-13-4-8-22-10-14(13)23-16/h1,5,11-12H,2-4,6-10H2. The first-order valence-corrected chi connectivity index (χ1v) is 8.93. The first-order chi connectivity index (χ1) is 11.3. The van der Waals surface area contributed by atoms with E-state index < -0.39 is 0 Å². The molecular formula is C16H20N4O2S. The topological polar surface area (TPSA) is 60.2 Å². The van der Waals surface area contributed by atoms with E-state index in [4.69, 9.17) is 9.72 Å². The van der Waals surface area contributed by atoms with Crippen molar-refractivity contribution in [3.05, 3.63) is 39.5 Å². The number of ether oxygens (including phenoxy) is 1. The minimum absolute atomic E-state index is 0.0371. The van der Waals surface area contributed by atoms with E-state index in [-0.39, 0.29) is 5.56 Å². The fourth-order valence-electron chi connectivity index (χ4n) is 3.25. The van der Waals surface area contributed by atoms with Crippen molar-refractivity contribution in [2.75, 3.05) is 24.6 Å². The second-order valence-electron chi connectivity index (χ2n) is 6.17. The Balaban J connectivity index is 1.38. The van der Waals surface area contributed by atoms with E-state index in [2.05, 4.69) is 9.88 Å².